The van der Waals surface area contributed by atoms with Crippen LogP contribution in [0.1, 0.15) is 316 Å². The first-order valence-corrected chi connectivity index (χ1v) is 30.5. The van der Waals surface area contributed by atoms with Gasteiger partial charge in [0, 0.05) is 19.4 Å². The minimum absolute atomic E-state index is 0.0582. The van der Waals surface area contributed by atoms with E-state index in [1.54, 1.807) is 0 Å². The molecule has 2 unspecified atom stereocenters. The molecule has 0 aliphatic carbocycles. The number of carbonyl (C=O) groups excluding carboxylic acids is 2. The summed E-state index contributed by atoms with van der Waals surface area (Å²) in [6.07, 6.45) is 59.2. The van der Waals surface area contributed by atoms with Crippen molar-refractivity contribution < 1.29 is 37.6 Å². The number of unbranched alkanes of at least 4 members (excludes halogenated alkanes) is 43. The van der Waals surface area contributed by atoms with Gasteiger partial charge in [-0.05, 0) is 12.8 Å². The smallest absolute Gasteiger partial charge is 0.462 e. The molecule has 0 saturated heterocycles. The van der Waals surface area contributed by atoms with Crippen molar-refractivity contribution in [3.63, 3.8) is 0 Å². The molecule has 0 rings (SSSR count). The van der Waals surface area contributed by atoms with Crippen molar-refractivity contribution in [2.75, 3.05) is 26.4 Å². The van der Waals surface area contributed by atoms with E-state index in [-0.39, 0.29) is 38.6 Å². The molecular weight excluding hydrogens is 846 g/mol. The quantitative estimate of drug-likeness (QED) is 0.0347. The lowest BCUT2D eigenvalue weighted by Gasteiger charge is -2.19. The molecular formula is C56H112NO8P. The SMILES string of the molecule is CCCCCCCCCCCCCCCCCCCCCCCCCCCCCCCCCCCCCC(=O)OC(COC(=O)CCCCCCCCCCCC)COP(=O)(O)OCCN. The van der Waals surface area contributed by atoms with E-state index in [1.165, 1.54) is 250 Å². The number of phosphoric ester groups is 1. The molecule has 394 valence electrons. The molecule has 10 heteroatoms. The van der Waals surface area contributed by atoms with Crippen LogP contribution in [0.5, 0.6) is 0 Å². The first kappa shape index (κ1) is 65.0. The molecule has 0 aliphatic heterocycles. The van der Waals surface area contributed by atoms with Crippen LogP contribution in [-0.4, -0.2) is 49.3 Å². The van der Waals surface area contributed by atoms with Crippen LogP contribution in [0.3, 0.4) is 0 Å². The van der Waals surface area contributed by atoms with Crippen molar-refractivity contribution >= 4 is 19.8 Å². The first-order valence-electron chi connectivity index (χ1n) is 29.0. The molecule has 0 aromatic heterocycles. The second-order valence-corrected chi connectivity index (χ2v) is 21.3. The number of hydrogen-bond acceptors (Lipinski definition) is 8. The summed E-state index contributed by atoms with van der Waals surface area (Å²) in [5, 5.41) is 0. The zero-order valence-corrected chi connectivity index (χ0v) is 44.9. The Labute approximate surface area is 409 Å². The van der Waals surface area contributed by atoms with E-state index in [0.717, 1.165) is 32.1 Å². The van der Waals surface area contributed by atoms with Crippen molar-refractivity contribution in [3.8, 4) is 0 Å². The van der Waals surface area contributed by atoms with Gasteiger partial charge in [0.2, 0.25) is 0 Å². The second-order valence-electron chi connectivity index (χ2n) is 19.9. The van der Waals surface area contributed by atoms with Gasteiger partial charge in [0.05, 0.1) is 13.2 Å². The molecule has 0 aromatic rings. The van der Waals surface area contributed by atoms with Crippen molar-refractivity contribution in [2.24, 2.45) is 5.73 Å². The fourth-order valence-corrected chi connectivity index (χ4v) is 9.70. The maximum absolute atomic E-state index is 12.6. The lowest BCUT2D eigenvalue weighted by Crippen LogP contribution is -2.29. The Morgan fingerprint density at radius 1 is 0.394 bits per heavy atom. The number of rotatable bonds is 56. The molecule has 0 radical (unpaired) electrons. The monoisotopic (exact) mass is 958 g/mol. The molecule has 0 aromatic carbocycles. The van der Waals surface area contributed by atoms with Crippen molar-refractivity contribution in [2.45, 2.75) is 322 Å². The molecule has 0 bridgehead atoms. The molecule has 9 nitrogen and oxygen atoms in total. The highest BCUT2D eigenvalue weighted by molar-refractivity contribution is 7.47. The summed E-state index contributed by atoms with van der Waals surface area (Å²) in [6.45, 7) is 3.78. The third-order valence-electron chi connectivity index (χ3n) is 13.2. The summed E-state index contributed by atoms with van der Waals surface area (Å²) in [5.41, 5.74) is 5.36. The average molecular weight is 958 g/mol. The van der Waals surface area contributed by atoms with Crippen LogP contribution in [-0.2, 0) is 32.7 Å². The van der Waals surface area contributed by atoms with Crippen LogP contribution < -0.4 is 5.73 Å². The molecule has 0 saturated carbocycles. The summed E-state index contributed by atoms with van der Waals surface area (Å²) < 4.78 is 32.9. The van der Waals surface area contributed by atoms with E-state index in [2.05, 4.69) is 13.8 Å². The Bertz CT molecular complexity index is 1050. The third-order valence-corrected chi connectivity index (χ3v) is 14.2. The molecule has 0 heterocycles. The number of carbonyl (C=O) groups is 2. The lowest BCUT2D eigenvalue weighted by molar-refractivity contribution is -0.161. The van der Waals surface area contributed by atoms with Gasteiger partial charge in [0.1, 0.15) is 6.61 Å². The Kier molecular flexibility index (Phi) is 52.6. The largest absolute Gasteiger partial charge is 0.472 e. The van der Waals surface area contributed by atoms with E-state index < -0.39 is 26.5 Å². The summed E-state index contributed by atoms with van der Waals surface area (Å²) in [6, 6.07) is 0. The van der Waals surface area contributed by atoms with Gasteiger partial charge in [-0.3, -0.25) is 18.6 Å². The fourth-order valence-electron chi connectivity index (χ4n) is 8.93. The predicted molar refractivity (Wildman–Crippen MR) is 280 cm³/mol. The van der Waals surface area contributed by atoms with Crippen molar-refractivity contribution in [3.05, 3.63) is 0 Å². The van der Waals surface area contributed by atoms with E-state index in [1.807, 2.05) is 0 Å². The maximum atomic E-state index is 12.6. The Hall–Kier alpha value is -0.990. The molecule has 0 amide bonds. The van der Waals surface area contributed by atoms with Gasteiger partial charge in [-0.15, -0.1) is 0 Å². The number of nitrogens with two attached hydrogens (primary N) is 1. The maximum Gasteiger partial charge on any atom is 0.472 e. The molecule has 0 fully saturated rings. The lowest BCUT2D eigenvalue weighted by atomic mass is 10.0. The number of phosphoric acid groups is 1. The van der Waals surface area contributed by atoms with Crippen LogP contribution in [0.4, 0.5) is 0 Å². The Balaban J connectivity index is 3.70. The van der Waals surface area contributed by atoms with Crippen molar-refractivity contribution in [1.29, 1.82) is 0 Å². The summed E-state index contributed by atoms with van der Waals surface area (Å²) in [4.78, 5) is 34.9. The van der Waals surface area contributed by atoms with Crippen LogP contribution in [0.15, 0.2) is 0 Å². The van der Waals surface area contributed by atoms with Gasteiger partial charge in [0.25, 0.3) is 0 Å². The predicted octanol–water partition coefficient (Wildman–Crippen LogP) is 17.9. The van der Waals surface area contributed by atoms with E-state index >= 15 is 0 Å². The van der Waals surface area contributed by atoms with E-state index in [4.69, 9.17) is 24.3 Å². The number of hydrogen-bond donors (Lipinski definition) is 2. The molecule has 0 spiro atoms. The van der Waals surface area contributed by atoms with Gasteiger partial charge in [-0.2, -0.15) is 0 Å². The Morgan fingerprint density at radius 2 is 0.652 bits per heavy atom. The summed E-state index contributed by atoms with van der Waals surface area (Å²) in [5.74, 6) is -0.810. The van der Waals surface area contributed by atoms with E-state index in [0.29, 0.717) is 6.42 Å². The highest BCUT2D eigenvalue weighted by Crippen LogP contribution is 2.43. The summed E-state index contributed by atoms with van der Waals surface area (Å²) >= 11 is 0. The number of esters is 2. The topological polar surface area (TPSA) is 134 Å². The van der Waals surface area contributed by atoms with Gasteiger partial charge in [-0.25, -0.2) is 4.57 Å². The van der Waals surface area contributed by atoms with Crippen LogP contribution >= 0.6 is 7.82 Å². The molecule has 2 atom stereocenters. The highest BCUT2D eigenvalue weighted by atomic mass is 31.2. The Morgan fingerprint density at radius 3 is 0.924 bits per heavy atom. The van der Waals surface area contributed by atoms with Gasteiger partial charge in [0.15, 0.2) is 6.10 Å². The molecule has 66 heavy (non-hydrogen) atoms. The molecule has 3 N–H and O–H groups in total. The zero-order chi connectivity index (χ0) is 48.1. The normalized spacial score (nSPS) is 13.0. The molecule has 0 aliphatic rings. The van der Waals surface area contributed by atoms with Crippen LogP contribution in [0, 0.1) is 0 Å². The summed E-state index contributed by atoms with van der Waals surface area (Å²) in [7, 11) is -4.37. The third kappa shape index (κ3) is 52.4. The minimum Gasteiger partial charge on any atom is -0.462 e. The van der Waals surface area contributed by atoms with Crippen LogP contribution in [0.25, 0.3) is 0 Å². The second kappa shape index (κ2) is 53.4. The first-order chi connectivity index (χ1) is 32.3. The fraction of sp³-hybridized carbons (Fsp3) is 0.964. The van der Waals surface area contributed by atoms with Gasteiger partial charge in [-0.1, -0.05) is 290 Å². The van der Waals surface area contributed by atoms with Crippen molar-refractivity contribution in [1.82, 2.24) is 0 Å². The standard InChI is InChI=1S/C56H112NO8P/c1-3-5-7-9-11-13-15-16-17-18-19-20-21-22-23-24-25-26-27-28-29-30-31-32-33-34-35-36-37-38-39-41-43-45-47-49-56(59)65-54(53-64-66(60,61)63-51-50-57)52-62-55(58)48-46-44-42-40-14-12-10-8-6-4-2/h54H,3-53,57H2,1-2H3,(H,60,61). The minimum atomic E-state index is -4.37. The zero-order valence-electron chi connectivity index (χ0n) is 44.0. The van der Waals surface area contributed by atoms with Crippen LogP contribution in [0.2, 0.25) is 0 Å². The number of ether oxygens (including phenoxy) is 2. The van der Waals surface area contributed by atoms with E-state index in [9.17, 15) is 19.0 Å². The van der Waals surface area contributed by atoms with Gasteiger partial charge < -0.3 is 20.1 Å². The highest BCUT2D eigenvalue weighted by Gasteiger charge is 2.26. The van der Waals surface area contributed by atoms with Gasteiger partial charge >= 0.3 is 19.8 Å². The average Bonchev–Trinajstić information content (AvgIpc) is 3.31.